The van der Waals surface area contributed by atoms with Gasteiger partial charge in [0.2, 0.25) is 5.88 Å². The van der Waals surface area contributed by atoms with E-state index in [1.807, 2.05) is 12.1 Å². The molecule has 0 bridgehead atoms. The van der Waals surface area contributed by atoms with Gasteiger partial charge >= 0.3 is 0 Å². The zero-order valence-electron chi connectivity index (χ0n) is 10.5. The fourth-order valence-electron chi connectivity index (χ4n) is 1.85. The third kappa shape index (κ3) is 2.17. The summed E-state index contributed by atoms with van der Waals surface area (Å²) in [5.74, 6) is 1.48. The van der Waals surface area contributed by atoms with Crippen LogP contribution in [-0.4, -0.2) is 15.0 Å². The molecule has 0 aliphatic carbocycles. The largest absolute Gasteiger partial charge is 0.437 e. The van der Waals surface area contributed by atoms with E-state index >= 15 is 0 Å². The Kier molecular flexibility index (Phi) is 3.01. The number of hydrogen-bond acceptors (Lipinski definition) is 4. The molecule has 3 rings (SSSR count). The molecule has 6 heteroatoms. The average molecular weight is 285 g/mol. The van der Waals surface area contributed by atoms with E-state index in [0.717, 1.165) is 5.39 Å². The molecular formula is C14H9ClN4O. The van der Waals surface area contributed by atoms with Gasteiger partial charge in [0, 0.05) is 6.20 Å². The first-order valence-corrected chi connectivity index (χ1v) is 6.24. The first-order chi connectivity index (χ1) is 9.67. The molecule has 0 radical (unpaired) electrons. The summed E-state index contributed by atoms with van der Waals surface area (Å²) in [4.78, 5) is 11.6. The molecule has 0 atom stereocenters. The van der Waals surface area contributed by atoms with E-state index in [4.69, 9.17) is 21.6 Å². The Labute approximate surface area is 119 Å². The van der Waals surface area contributed by atoms with Crippen LogP contribution >= 0.6 is 11.6 Å². The second-order valence-corrected chi connectivity index (χ2v) is 4.58. The van der Waals surface area contributed by atoms with E-state index in [0.29, 0.717) is 33.7 Å². The monoisotopic (exact) mass is 284 g/mol. The number of nitriles is 1. The molecule has 1 aromatic carbocycles. The Morgan fingerprint density at radius 2 is 2.15 bits per heavy atom. The maximum atomic E-state index is 8.82. The van der Waals surface area contributed by atoms with Crippen molar-refractivity contribution in [3.63, 3.8) is 0 Å². The second kappa shape index (κ2) is 4.83. The molecule has 98 valence electrons. The molecule has 0 fully saturated rings. The SMILES string of the molecule is Cc1nc(Oc2ccc(C#N)cc2Cl)c2cc[nH]c2n1. The number of hydrogen-bond donors (Lipinski definition) is 1. The second-order valence-electron chi connectivity index (χ2n) is 4.17. The van der Waals surface area contributed by atoms with E-state index < -0.39 is 0 Å². The Morgan fingerprint density at radius 3 is 2.90 bits per heavy atom. The van der Waals surface area contributed by atoms with Gasteiger partial charge in [-0.2, -0.15) is 10.2 Å². The van der Waals surface area contributed by atoms with Gasteiger partial charge in [0.05, 0.1) is 22.0 Å². The summed E-state index contributed by atoms with van der Waals surface area (Å²) in [6.07, 6.45) is 1.77. The summed E-state index contributed by atoms with van der Waals surface area (Å²) in [6.45, 7) is 1.79. The summed E-state index contributed by atoms with van der Waals surface area (Å²) in [5.41, 5.74) is 1.19. The lowest BCUT2D eigenvalue weighted by molar-refractivity contribution is 0.467. The molecule has 2 aromatic heterocycles. The summed E-state index contributed by atoms with van der Waals surface area (Å²) in [7, 11) is 0. The zero-order valence-corrected chi connectivity index (χ0v) is 11.3. The highest BCUT2D eigenvalue weighted by Crippen LogP contribution is 2.32. The van der Waals surface area contributed by atoms with E-state index in [1.165, 1.54) is 0 Å². The summed E-state index contributed by atoms with van der Waals surface area (Å²) >= 11 is 6.10. The minimum absolute atomic E-state index is 0.365. The molecule has 3 aromatic rings. The van der Waals surface area contributed by atoms with E-state index in [2.05, 4.69) is 15.0 Å². The van der Waals surface area contributed by atoms with Crippen LogP contribution in [0.2, 0.25) is 5.02 Å². The number of H-pyrrole nitrogens is 1. The first kappa shape index (κ1) is 12.5. The van der Waals surface area contributed by atoms with Crippen LogP contribution in [0.4, 0.5) is 0 Å². The van der Waals surface area contributed by atoms with Gasteiger partial charge in [0.1, 0.15) is 17.2 Å². The average Bonchev–Trinajstić information content (AvgIpc) is 2.89. The maximum Gasteiger partial charge on any atom is 0.232 e. The third-order valence-corrected chi connectivity index (χ3v) is 3.06. The predicted molar refractivity (Wildman–Crippen MR) is 74.9 cm³/mol. The van der Waals surface area contributed by atoms with Gasteiger partial charge in [-0.1, -0.05) is 11.6 Å². The van der Waals surface area contributed by atoms with Crippen molar-refractivity contribution in [3.8, 4) is 17.7 Å². The van der Waals surface area contributed by atoms with Crippen molar-refractivity contribution < 1.29 is 4.74 Å². The molecule has 0 aliphatic rings. The summed E-state index contributed by atoms with van der Waals surface area (Å²) in [6, 6.07) is 8.70. The molecule has 2 heterocycles. The number of aryl methyl sites for hydroxylation is 1. The van der Waals surface area contributed by atoms with Crippen molar-refractivity contribution in [2.75, 3.05) is 0 Å². The van der Waals surface area contributed by atoms with Gasteiger partial charge in [0.15, 0.2) is 0 Å². The Morgan fingerprint density at radius 1 is 1.30 bits per heavy atom. The van der Waals surface area contributed by atoms with Crippen LogP contribution < -0.4 is 4.74 Å². The van der Waals surface area contributed by atoms with Crippen molar-refractivity contribution in [1.82, 2.24) is 15.0 Å². The van der Waals surface area contributed by atoms with Crippen molar-refractivity contribution in [2.45, 2.75) is 6.92 Å². The molecule has 0 aliphatic heterocycles. The van der Waals surface area contributed by atoms with Crippen molar-refractivity contribution >= 4 is 22.6 Å². The number of ether oxygens (including phenoxy) is 1. The molecule has 0 unspecified atom stereocenters. The number of aromatic amines is 1. The molecule has 0 saturated heterocycles. The number of nitrogens with one attached hydrogen (secondary N) is 1. The molecule has 0 saturated carbocycles. The van der Waals surface area contributed by atoms with E-state index in [-0.39, 0.29) is 0 Å². The number of aromatic nitrogens is 3. The van der Waals surface area contributed by atoms with E-state index in [1.54, 1.807) is 31.3 Å². The first-order valence-electron chi connectivity index (χ1n) is 5.86. The van der Waals surface area contributed by atoms with Crippen LogP contribution in [0.15, 0.2) is 30.5 Å². The molecule has 0 amide bonds. The van der Waals surface area contributed by atoms with Crippen LogP contribution in [0.3, 0.4) is 0 Å². The quantitative estimate of drug-likeness (QED) is 0.780. The zero-order chi connectivity index (χ0) is 14.1. The summed E-state index contributed by atoms with van der Waals surface area (Å²) in [5, 5.41) is 9.96. The highest BCUT2D eigenvalue weighted by atomic mass is 35.5. The molecule has 1 N–H and O–H groups in total. The fraction of sp³-hybridized carbons (Fsp3) is 0.0714. The van der Waals surface area contributed by atoms with E-state index in [9.17, 15) is 0 Å². The standard InChI is InChI=1S/C14H9ClN4O/c1-8-18-13-10(4-5-17-13)14(19-8)20-12-3-2-9(7-16)6-11(12)15/h2-6H,1H3,(H,17,18,19). The normalized spacial score (nSPS) is 10.4. The number of benzene rings is 1. The van der Waals surface area contributed by atoms with Crippen LogP contribution in [0, 0.1) is 18.3 Å². The highest BCUT2D eigenvalue weighted by molar-refractivity contribution is 6.32. The Hall–Kier alpha value is -2.58. The van der Waals surface area contributed by atoms with Crippen molar-refractivity contribution in [1.29, 1.82) is 5.26 Å². The van der Waals surface area contributed by atoms with Crippen molar-refractivity contribution in [3.05, 3.63) is 46.9 Å². The summed E-state index contributed by atoms with van der Waals surface area (Å²) < 4.78 is 5.75. The number of halogens is 1. The minimum atomic E-state index is 0.365. The lowest BCUT2D eigenvalue weighted by atomic mass is 10.2. The fourth-order valence-corrected chi connectivity index (χ4v) is 2.07. The number of nitrogens with zero attached hydrogens (tertiary/aromatic N) is 3. The smallest absolute Gasteiger partial charge is 0.232 e. The molecule has 0 spiro atoms. The minimum Gasteiger partial charge on any atom is -0.437 e. The Balaban J connectivity index is 2.05. The van der Waals surface area contributed by atoms with Gasteiger partial charge in [-0.15, -0.1) is 0 Å². The van der Waals surface area contributed by atoms with Crippen LogP contribution in [0.25, 0.3) is 11.0 Å². The van der Waals surface area contributed by atoms with Gasteiger partial charge in [-0.25, -0.2) is 4.98 Å². The van der Waals surface area contributed by atoms with Gasteiger partial charge in [-0.05, 0) is 31.2 Å². The molecule has 5 nitrogen and oxygen atoms in total. The number of rotatable bonds is 2. The lowest BCUT2D eigenvalue weighted by Gasteiger charge is -2.08. The van der Waals surface area contributed by atoms with Crippen LogP contribution in [-0.2, 0) is 0 Å². The predicted octanol–water partition coefficient (Wildman–Crippen LogP) is 3.58. The van der Waals surface area contributed by atoms with Gasteiger partial charge < -0.3 is 9.72 Å². The van der Waals surface area contributed by atoms with Crippen molar-refractivity contribution in [2.24, 2.45) is 0 Å². The molecular weight excluding hydrogens is 276 g/mol. The van der Waals surface area contributed by atoms with Crippen LogP contribution in [0.1, 0.15) is 11.4 Å². The topological polar surface area (TPSA) is 74.6 Å². The van der Waals surface area contributed by atoms with Gasteiger partial charge in [-0.3, -0.25) is 0 Å². The Bertz CT molecular complexity index is 835. The number of fused-ring (bicyclic) bond motifs is 1. The highest BCUT2D eigenvalue weighted by Gasteiger charge is 2.11. The van der Waals surface area contributed by atoms with Gasteiger partial charge in [0.25, 0.3) is 0 Å². The van der Waals surface area contributed by atoms with Crippen LogP contribution in [0.5, 0.6) is 11.6 Å². The maximum absolute atomic E-state index is 8.82. The molecule has 20 heavy (non-hydrogen) atoms. The lowest BCUT2D eigenvalue weighted by Crippen LogP contribution is -1.95. The third-order valence-electron chi connectivity index (χ3n) is 2.76.